The summed E-state index contributed by atoms with van der Waals surface area (Å²) in [6.45, 7) is 15.1. The summed E-state index contributed by atoms with van der Waals surface area (Å²) in [5.74, 6) is 0.919. The fourth-order valence-electron chi connectivity index (χ4n) is 8.23. The van der Waals surface area contributed by atoms with Gasteiger partial charge in [0.2, 0.25) is 0 Å². The summed E-state index contributed by atoms with van der Waals surface area (Å²) in [6.07, 6.45) is 6.87. The molecule has 6 aliphatic rings. The van der Waals surface area contributed by atoms with Gasteiger partial charge in [0, 0.05) is 18.5 Å². The van der Waals surface area contributed by atoms with Gasteiger partial charge in [0.15, 0.2) is 0 Å². The largest absolute Gasteiger partial charge is 0.467 e. The molecule has 3 aliphatic carbocycles. The molecule has 208 valence electrons. The van der Waals surface area contributed by atoms with Crippen molar-refractivity contribution in [2.45, 2.75) is 116 Å². The molecule has 6 rings (SSSR count). The average Bonchev–Trinajstić information content (AvgIpc) is 3.53. The first kappa shape index (κ1) is 27.3. The van der Waals surface area contributed by atoms with Crippen molar-refractivity contribution in [3.63, 3.8) is 0 Å². The molecule has 3 saturated heterocycles. The average molecular weight is 519 g/mol. The maximum atomic E-state index is 13.2. The first-order valence-electron chi connectivity index (χ1n) is 14.5. The van der Waals surface area contributed by atoms with Gasteiger partial charge in [-0.1, -0.05) is 20.3 Å². The zero-order chi connectivity index (χ0) is 26.8. The fraction of sp³-hybridized carbons (Fsp3) is 0.929. The maximum Gasteiger partial charge on any atom is 0.457 e. The molecule has 0 aromatic rings. The Morgan fingerprint density at radius 2 is 1.81 bits per heavy atom. The van der Waals surface area contributed by atoms with Gasteiger partial charge in [0.1, 0.15) is 11.6 Å². The van der Waals surface area contributed by atoms with E-state index in [1.54, 1.807) is 4.90 Å². The second-order valence-electron chi connectivity index (χ2n) is 13.9. The molecule has 1 amide bonds. The quantitative estimate of drug-likeness (QED) is 0.382. The Hall–Kier alpha value is -1.32. The smallest absolute Gasteiger partial charge is 0.457 e. The van der Waals surface area contributed by atoms with Gasteiger partial charge < -0.3 is 18.8 Å². The molecule has 0 spiro atoms. The van der Waals surface area contributed by atoms with Gasteiger partial charge >= 0.3 is 19.2 Å². The van der Waals surface area contributed by atoms with Crippen molar-refractivity contribution in [2.75, 3.05) is 26.7 Å². The minimum atomic E-state index is -0.635. The zero-order valence-corrected chi connectivity index (χ0v) is 24.0. The molecule has 7 atom stereocenters. The lowest BCUT2D eigenvalue weighted by Crippen LogP contribution is -2.65. The van der Waals surface area contributed by atoms with Crippen LogP contribution in [0.3, 0.4) is 0 Å². The van der Waals surface area contributed by atoms with Gasteiger partial charge in [0.05, 0.1) is 18.8 Å². The van der Waals surface area contributed by atoms with E-state index in [9.17, 15) is 9.59 Å². The number of likely N-dealkylation sites (tertiary alicyclic amines) is 2. The molecule has 0 radical (unpaired) electrons. The Labute approximate surface area is 223 Å². The van der Waals surface area contributed by atoms with Crippen molar-refractivity contribution >= 4 is 19.2 Å². The van der Waals surface area contributed by atoms with E-state index >= 15 is 0 Å². The molecule has 3 saturated carbocycles. The minimum Gasteiger partial charge on any atom is -0.467 e. The lowest BCUT2D eigenvalue weighted by Gasteiger charge is -2.64. The molecular weight excluding hydrogens is 471 g/mol. The third kappa shape index (κ3) is 4.82. The van der Waals surface area contributed by atoms with Gasteiger partial charge in [-0.25, -0.2) is 9.59 Å². The van der Waals surface area contributed by atoms with E-state index in [2.05, 4.69) is 25.7 Å². The molecule has 3 aliphatic heterocycles. The van der Waals surface area contributed by atoms with E-state index in [1.165, 1.54) is 13.5 Å². The van der Waals surface area contributed by atoms with E-state index in [4.69, 9.17) is 18.8 Å². The van der Waals surface area contributed by atoms with Crippen LogP contribution >= 0.6 is 0 Å². The number of carbonyl (C=O) groups is 2. The predicted molar refractivity (Wildman–Crippen MR) is 141 cm³/mol. The number of methoxy groups -OCH3 is 1. The molecule has 9 heteroatoms. The summed E-state index contributed by atoms with van der Waals surface area (Å²) < 4.78 is 24.0. The van der Waals surface area contributed by atoms with E-state index < -0.39 is 17.7 Å². The molecule has 6 fully saturated rings. The van der Waals surface area contributed by atoms with Crippen LogP contribution in [0.25, 0.3) is 0 Å². The maximum absolute atomic E-state index is 13.2. The van der Waals surface area contributed by atoms with Crippen molar-refractivity contribution in [3.8, 4) is 0 Å². The lowest BCUT2D eigenvalue weighted by molar-refractivity contribution is -0.199. The number of rotatable bonds is 6. The van der Waals surface area contributed by atoms with Gasteiger partial charge in [-0.3, -0.25) is 9.80 Å². The number of nitrogens with zero attached hydrogens (tertiary/aromatic N) is 2. The van der Waals surface area contributed by atoms with Crippen LogP contribution in [0.4, 0.5) is 4.79 Å². The third-order valence-electron chi connectivity index (χ3n) is 10.3. The third-order valence-corrected chi connectivity index (χ3v) is 10.3. The summed E-state index contributed by atoms with van der Waals surface area (Å²) in [6, 6.07) is -0.512. The van der Waals surface area contributed by atoms with Gasteiger partial charge in [-0.2, -0.15) is 0 Å². The Morgan fingerprint density at radius 3 is 2.43 bits per heavy atom. The second kappa shape index (κ2) is 9.70. The molecule has 0 unspecified atom stereocenters. The predicted octanol–water partition coefficient (Wildman–Crippen LogP) is 4.37. The molecule has 3 heterocycles. The van der Waals surface area contributed by atoms with Crippen molar-refractivity contribution in [3.05, 3.63) is 0 Å². The number of carbonyl (C=O) groups excluding carboxylic acids is 2. The van der Waals surface area contributed by atoms with Crippen LogP contribution in [-0.4, -0.2) is 85.1 Å². The van der Waals surface area contributed by atoms with E-state index in [-0.39, 0.29) is 36.8 Å². The van der Waals surface area contributed by atoms with Crippen molar-refractivity contribution in [1.82, 2.24) is 9.80 Å². The number of ether oxygens (including phenoxy) is 2. The zero-order valence-electron chi connectivity index (χ0n) is 24.0. The van der Waals surface area contributed by atoms with Crippen molar-refractivity contribution in [1.29, 1.82) is 0 Å². The highest BCUT2D eigenvalue weighted by atomic mass is 16.7. The van der Waals surface area contributed by atoms with Gasteiger partial charge in [-0.05, 0) is 96.5 Å². The topological polar surface area (TPSA) is 77.5 Å². The Bertz CT molecular complexity index is 886. The summed E-state index contributed by atoms with van der Waals surface area (Å²) in [7, 11) is 1.21. The number of hydrogen-bond acceptors (Lipinski definition) is 7. The van der Waals surface area contributed by atoms with Crippen LogP contribution < -0.4 is 0 Å². The van der Waals surface area contributed by atoms with Gasteiger partial charge in [-0.15, -0.1) is 0 Å². The molecule has 37 heavy (non-hydrogen) atoms. The highest BCUT2D eigenvalue weighted by Gasteiger charge is 2.67. The first-order chi connectivity index (χ1) is 17.3. The highest BCUT2D eigenvalue weighted by molar-refractivity contribution is 6.45. The van der Waals surface area contributed by atoms with E-state index in [0.29, 0.717) is 17.9 Å². The number of hydrogen-bond donors (Lipinski definition) is 0. The van der Waals surface area contributed by atoms with Crippen LogP contribution in [0.5, 0.6) is 0 Å². The molecule has 8 nitrogen and oxygen atoms in total. The second-order valence-corrected chi connectivity index (χ2v) is 13.9. The molecule has 2 bridgehead atoms. The first-order valence-corrected chi connectivity index (χ1v) is 14.5. The highest BCUT2D eigenvalue weighted by Crippen LogP contribution is 2.65. The molecular formula is C28H47BN2O6. The monoisotopic (exact) mass is 518 g/mol. The van der Waals surface area contributed by atoms with E-state index in [0.717, 1.165) is 57.4 Å². The normalized spacial score (nSPS) is 38.9. The summed E-state index contributed by atoms with van der Waals surface area (Å²) in [4.78, 5) is 30.3. The van der Waals surface area contributed by atoms with Crippen LogP contribution in [0.2, 0.25) is 6.32 Å². The Kier molecular flexibility index (Phi) is 7.15. The van der Waals surface area contributed by atoms with Crippen LogP contribution in [0, 0.1) is 23.2 Å². The van der Waals surface area contributed by atoms with Gasteiger partial charge in [0.25, 0.3) is 0 Å². The summed E-state index contributed by atoms with van der Waals surface area (Å²) in [5.41, 5.74) is -0.496. The van der Waals surface area contributed by atoms with Crippen molar-refractivity contribution in [2.24, 2.45) is 23.2 Å². The molecule has 0 aromatic carbocycles. The minimum absolute atomic E-state index is 0.0101. The van der Waals surface area contributed by atoms with Crippen LogP contribution in [0.15, 0.2) is 0 Å². The van der Waals surface area contributed by atoms with Crippen LogP contribution in [0.1, 0.15) is 80.1 Å². The number of amides is 1. The van der Waals surface area contributed by atoms with Crippen LogP contribution in [-0.2, 0) is 23.6 Å². The Morgan fingerprint density at radius 1 is 1.11 bits per heavy atom. The van der Waals surface area contributed by atoms with E-state index in [1.807, 2.05) is 20.8 Å². The lowest BCUT2D eigenvalue weighted by atomic mass is 9.43. The fourth-order valence-corrected chi connectivity index (χ4v) is 8.23. The number of esters is 1. The molecule has 0 N–H and O–H groups in total. The summed E-state index contributed by atoms with van der Waals surface area (Å²) >= 11 is 0. The molecule has 0 aromatic heterocycles. The Balaban J connectivity index is 1.27. The SMILES string of the molecule is COC(=O)[C@@H]1[C@H](CCCB2O[C@@H]3C[C@@H]4C[C@@H](C4(C)C)[C@]3(C)O2)[C@@H](N2CCCC2)CN1C(=O)OC(C)(C)C. The summed E-state index contributed by atoms with van der Waals surface area (Å²) in [5, 5.41) is 0. The standard InChI is InChI=1S/C28H47BN2O6/c1-26(2,3)35-25(33)31-17-20(30-13-8-9-14-30)19(23(31)24(32)34-7)11-10-12-29-36-22-16-18-15-21(27(18,4)5)28(22,6)37-29/h18-23H,8-17H2,1-7H3/t18-,19+,20-,21-,22+,23-,28-/m0/s1. The van der Waals surface area contributed by atoms with Crippen molar-refractivity contribution < 1.29 is 28.4 Å².